The van der Waals surface area contributed by atoms with Crippen LogP contribution in [-0.2, 0) is 16.1 Å². The first-order valence-corrected chi connectivity index (χ1v) is 16.5. The van der Waals surface area contributed by atoms with Crippen LogP contribution in [0.3, 0.4) is 0 Å². The van der Waals surface area contributed by atoms with Gasteiger partial charge in [0.05, 0.1) is 29.0 Å². The van der Waals surface area contributed by atoms with Crippen LogP contribution in [0.1, 0.15) is 41.5 Å². The zero-order valence-electron chi connectivity index (χ0n) is 24.6. The number of esters is 1. The Bertz CT molecular complexity index is 2050. The van der Waals surface area contributed by atoms with Gasteiger partial charge < -0.3 is 14.2 Å². The molecule has 0 saturated heterocycles. The molecule has 0 unspecified atom stereocenters. The number of halogens is 1. The predicted molar refractivity (Wildman–Crippen MR) is 179 cm³/mol. The van der Waals surface area contributed by atoms with Gasteiger partial charge in [-0.15, -0.1) is 11.3 Å². The maximum absolute atomic E-state index is 14.1. The monoisotopic (exact) mass is 656 g/mol. The van der Waals surface area contributed by atoms with Gasteiger partial charge in [-0.1, -0.05) is 77.5 Å². The molecule has 6 rings (SSSR count). The number of carbonyl (C=O) groups is 1. The van der Waals surface area contributed by atoms with Gasteiger partial charge in [-0.3, -0.25) is 9.36 Å². The van der Waals surface area contributed by atoms with Crippen LogP contribution in [0.2, 0.25) is 5.02 Å². The average Bonchev–Trinajstić information content (AvgIpc) is 3.69. The van der Waals surface area contributed by atoms with Crippen LogP contribution < -0.4 is 24.4 Å². The summed E-state index contributed by atoms with van der Waals surface area (Å²) in [4.78, 5) is 33.9. The Morgan fingerprint density at radius 1 is 0.956 bits per heavy atom. The minimum atomic E-state index is -0.682. The number of nitrogens with zero attached hydrogens (tertiary/aromatic N) is 2. The third kappa shape index (κ3) is 6.51. The van der Waals surface area contributed by atoms with Gasteiger partial charge in [0.2, 0.25) is 0 Å². The minimum absolute atomic E-state index is 0.201. The number of ether oxygens (including phenoxy) is 3. The second kappa shape index (κ2) is 13.7. The summed E-state index contributed by atoms with van der Waals surface area (Å²) in [5.41, 5.74) is 3.07. The molecule has 45 heavy (non-hydrogen) atoms. The van der Waals surface area contributed by atoms with Crippen molar-refractivity contribution in [1.29, 1.82) is 0 Å². The lowest BCUT2D eigenvalue weighted by atomic mass is 9.97. The summed E-state index contributed by atoms with van der Waals surface area (Å²) >= 11 is 8.88. The number of fused-ring (bicyclic) bond motifs is 1. The van der Waals surface area contributed by atoms with Crippen molar-refractivity contribution >= 4 is 52.0 Å². The molecule has 1 atom stereocenters. The maximum atomic E-state index is 14.1. The molecule has 5 aromatic rings. The molecule has 1 aliphatic heterocycles. The van der Waals surface area contributed by atoms with E-state index in [1.165, 1.54) is 22.7 Å². The molecule has 3 heterocycles. The van der Waals surface area contributed by atoms with E-state index < -0.39 is 12.0 Å². The van der Waals surface area contributed by atoms with Crippen molar-refractivity contribution in [2.45, 2.75) is 26.5 Å². The third-order valence-electron chi connectivity index (χ3n) is 7.04. The number of benzene rings is 3. The van der Waals surface area contributed by atoms with Gasteiger partial charge in [-0.25, -0.2) is 9.79 Å². The lowest BCUT2D eigenvalue weighted by molar-refractivity contribution is -0.138. The first-order chi connectivity index (χ1) is 22.0. The van der Waals surface area contributed by atoms with Crippen LogP contribution in [0, 0.1) is 0 Å². The number of rotatable bonds is 10. The van der Waals surface area contributed by atoms with Crippen LogP contribution in [0.15, 0.2) is 106 Å². The molecule has 0 N–H and O–H groups in total. The first-order valence-electron chi connectivity index (χ1n) is 14.4. The van der Waals surface area contributed by atoms with Crippen molar-refractivity contribution in [3.8, 4) is 11.5 Å². The summed E-state index contributed by atoms with van der Waals surface area (Å²) in [6.45, 7) is 4.64. The fourth-order valence-electron chi connectivity index (χ4n) is 5.10. The minimum Gasteiger partial charge on any atom is -0.490 e. The molecule has 1 aliphatic rings. The molecule has 2 aromatic heterocycles. The summed E-state index contributed by atoms with van der Waals surface area (Å²) in [7, 11) is 0. The van der Waals surface area contributed by atoms with E-state index in [4.69, 9.17) is 30.8 Å². The molecule has 0 fully saturated rings. The summed E-state index contributed by atoms with van der Waals surface area (Å²) in [6, 6.07) is 25.7. The third-order valence-corrected chi connectivity index (χ3v) is 9.18. The summed E-state index contributed by atoms with van der Waals surface area (Å²) in [5.74, 6) is 0.649. The van der Waals surface area contributed by atoms with E-state index in [1.807, 2.05) is 103 Å². The van der Waals surface area contributed by atoms with Gasteiger partial charge in [0.15, 0.2) is 16.3 Å². The highest BCUT2D eigenvalue weighted by molar-refractivity contribution is 7.10. The lowest BCUT2D eigenvalue weighted by Crippen LogP contribution is -2.39. The smallest absolute Gasteiger partial charge is 0.338 e. The summed E-state index contributed by atoms with van der Waals surface area (Å²) < 4.78 is 19.6. The Morgan fingerprint density at radius 2 is 1.80 bits per heavy atom. The SMILES string of the molecule is CCOC(=O)C1=C(c2ccccc2)N=c2s/c(=C\c3ccc(OCc4cccc(Cl)c4)c(OCC)c3)c(=O)n2[C@@H]1c1cccs1. The van der Waals surface area contributed by atoms with Crippen LogP contribution >= 0.6 is 34.3 Å². The van der Waals surface area contributed by atoms with Crippen molar-refractivity contribution in [1.82, 2.24) is 4.57 Å². The number of aromatic nitrogens is 1. The second-order valence-corrected chi connectivity index (χ2v) is 12.4. The van der Waals surface area contributed by atoms with Crippen LogP contribution in [-0.4, -0.2) is 23.8 Å². The Balaban J connectivity index is 1.45. The quantitative estimate of drug-likeness (QED) is 0.158. The molecular weight excluding hydrogens is 628 g/mol. The van der Waals surface area contributed by atoms with Crippen LogP contribution in [0.5, 0.6) is 11.5 Å². The molecule has 0 amide bonds. The van der Waals surface area contributed by atoms with Crippen LogP contribution in [0.25, 0.3) is 11.8 Å². The maximum Gasteiger partial charge on any atom is 0.338 e. The molecule has 3 aromatic carbocycles. The van der Waals surface area contributed by atoms with E-state index in [1.54, 1.807) is 11.5 Å². The van der Waals surface area contributed by atoms with E-state index >= 15 is 0 Å². The highest BCUT2D eigenvalue weighted by atomic mass is 35.5. The Morgan fingerprint density at radius 3 is 2.53 bits per heavy atom. The van der Waals surface area contributed by atoms with Crippen molar-refractivity contribution in [2.24, 2.45) is 4.99 Å². The lowest BCUT2D eigenvalue weighted by Gasteiger charge is -2.24. The van der Waals surface area contributed by atoms with E-state index in [0.717, 1.165) is 21.6 Å². The van der Waals surface area contributed by atoms with Gasteiger partial charge >= 0.3 is 5.97 Å². The number of hydrogen-bond acceptors (Lipinski definition) is 8. The number of thiophene rings is 1. The van der Waals surface area contributed by atoms with Crippen LogP contribution in [0.4, 0.5) is 0 Å². The number of thiazole rings is 1. The highest BCUT2D eigenvalue weighted by Crippen LogP contribution is 2.37. The Hall–Kier alpha value is -4.44. The largest absolute Gasteiger partial charge is 0.490 e. The van der Waals surface area contributed by atoms with Crippen molar-refractivity contribution < 1.29 is 19.0 Å². The summed E-state index contributed by atoms with van der Waals surface area (Å²) in [6.07, 6.45) is 1.81. The van der Waals surface area contributed by atoms with Crippen molar-refractivity contribution in [3.05, 3.63) is 142 Å². The molecule has 0 bridgehead atoms. The molecule has 0 radical (unpaired) electrons. The number of carbonyl (C=O) groups excluding carboxylic acids is 1. The molecule has 7 nitrogen and oxygen atoms in total. The first kappa shape index (κ1) is 30.6. The molecule has 0 spiro atoms. The fourth-order valence-corrected chi connectivity index (χ4v) is 7.13. The van der Waals surface area contributed by atoms with E-state index in [2.05, 4.69) is 0 Å². The molecule has 0 aliphatic carbocycles. The van der Waals surface area contributed by atoms with Gasteiger partial charge in [-0.05, 0) is 66.8 Å². The van der Waals surface area contributed by atoms with E-state index in [-0.39, 0.29) is 12.2 Å². The second-order valence-electron chi connectivity index (χ2n) is 10.0. The van der Waals surface area contributed by atoms with E-state index in [9.17, 15) is 9.59 Å². The molecule has 10 heteroatoms. The molecule has 228 valence electrons. The molecule has 0 saturated carbocycles. The topological polar surface area (TPSA) is 79.1 Å². The molecular formula is C35H29ClN2O5S2. The zero-order valence-corrected chi connectivity index (χ0v) is 27.0. The zero-order chi connectivity index (χ0) is 31.3. The van der Waals surface area contributed by atoms with Crippen molar-refractivity contribution in [2.75, 3.05) is 13.2 Å². The van der Waals surface area contributed by atoms with Crippen molar-refractivity contribution in [3.63, 3.8) is 0 Å². The average molecular weight is 657 g/mol. The summed E-state index contributed by atoms with van der Waals surface area (Å²) in [5, 5.41) is 2.58. The Labute approximate surface area is 272 Å². The van der Waals surface area contributed by atoms with Gasteiger partial charge in [0.25, 0.3) is 5.56 Å². The number of hydrogen-bond donors (Lipinski definition) is 0. The van der Waals surface area contributed by atoms with E-state index in [0.29, 0.717) is 50.3 Å². The van der Waals surface area contributed by atoms with Gasteiger partial charge in [-0.2, -0.15) is 0 Å². The van der Waals surface area contributed by atoms with Gasteiger partial charge in [0.1, 0.15) is 12.6 Å². The normalized spacial score (nSPS) is 14.6. The fraction of sp³-hybridized carbons (Fsp3) is 0.171. The standard InChI is InChI=1S/C35H29ClN2O5S2/c1-3-41-27-19-22(15-16-26(27)43-21-23-10-8-13-25(36)18-23)20-29-33(39)38-32(28-14-9-17-44-28)30(34(40)42-4-2)31(37-35(38)45-29)24-11-6-5-7-12-24/h5-20,32H,3-4,21H2,1-2H3/b29-20-/t32-/m1/s1. The highest BCUT2D eigenvalue weighted by Gasteiger charge is 2.35. The predicted octanol–water partition coefficient (Wildman–Crippen LogP) is 6.63. The Kier molecular flexibility index (Phi) is 9.30. The van der Waals surface area contributed by atoms with Gasteiger partial charge in [0, 0.05) is 15.5 Å².